The first-order valence-electron chi connectivity index (χ1n) is 13.6. The molecule has 6 nitrogen and oxygen atoms in total. The van der Waals surface area contributed by atoms with Crippen molar-refractivity contribution in [3.63, 3.8) is 0 Å². The van der Waals surface area contributed by atoms with E-state index in [9.17, 15) is 14.4 Å². The highest BCUT2D eigenvalue weighted by Gasteiger charge is 2.65. The first-order valence-corrected chi connectivity index (χ1v) is 14.4. The summed E-state index contributed by atoms with van der Waals surface area (Å²) in [4.78, 5) is 45.6. The summed E-state index contributed by atoms with van der Waals surface area (Å²) in [5, 5.41) is 0.563. The molecule has 3 heterocycles. The lowest BCUT2D eigenvalue weighted by Crippen LogP contribution is -2.49. The van der Waals surface area contributed by atoms with E-state index in [2.05, 4.69) is 0 Å². The number of imide groups is 1. The molecule has 0 aromatic heterocycles. The van der Waals surface area contributed by atoms with Crippen LogP contribution in [-0.2, 0) is 19.1 Å². The number of hydrogen-bond acceptors (Lipinski definition) is 5. The van der Waals surface area contributed by atoms with Gasteiger partial charge in [0.05, 0.1) is 28.6 Å². The van der Waals surface area contributed by atoms with Crippen molar-refractivity contribution >= 4 is 58.4 Å². The quantitative estimate of drug-likeness (QED) is 0.190. The summed E-state index contributed by atoms with van der Waals surface area (Å²) in [6.07, 6.45) is 3.13. The zero-order chi connectivity index (χ0) is 29.0. The first-order chi connectivity index (χ1) is 20.4. The van der Waals surface area contributed by atoms with E-state index in [0.717, 1.165) is 27.3 Å². The van der Waals surface area contributed by atoms with Crippen LogP contribution in [0.15, 0.2) is 109 Å². The first kappa shape index (κ1) is 26.5. The van der Waals surface area contributed by atoms with E-state index >= 15 is 0 Å². The summed E-state index contributed by atoms with van der Waals surface area (Å²) in [7, 11) is 0. The molecule has 2 fully saturated rings. The number of ether oxygens (including phenoxy) is 1. The highest BCUT2D eigenvalue weighted by Crippen LogP contribution is 2.50. The molecule has 3 aliphatic rings. The van der Waals surface area contributed by atoms with E-state index in [-0.39, 0.29) is 10.7 Å². The molecule has 0 aliphatic carbocycles. The number of anilines is 2. The number of carbonyl (C=O) groups is 3. The highest BCUT2D eigenvalue weighted by atomic mass is 35.5. The Balaban J connectivity index is 1.32. The molecule has 4 aromatic rings. The predicted octanol–water partition coefficient (Wildman–Crippen LogP) is 6.72. The fourth-order valence-corrected chi connectivity index (χ4v) is 6.95. The Morgan fingerprint density at radius 2 is 1.36 bits per heavy atom. The summed E-state index contributed by atoms with van der Waals surface area (Å²) < 4.78 is 6.31. The second-order valence-corrected chi connectivity index (χ2v) is 11.4. The van der Waals surface area contributed by atoms with Crippen molar-refractivity contribution < 1.29 is 19.1 Å². The molecule has 0 spiro atoms. The Morgan fingerprint density at radius 3 is 2.02 bits per heavy atom. The Morgan fingerprint density at radius 1 is 0.738 bits per heavy atom. The molecule has 2 amide bonds. The van der Waals surface area contributed by atoms with Crippen LogP contribution in [-0.4, -0.2) is 29.9 Å². The molecule has 0 bridgehead atoms. The third-order valence-corrected chi connectivity index (χ3v) is 8.78. The van der Waals surface area contributed by atoms with Gasteiger partial charge in [-0.2, -0.15) is 0 Å². The van der Waals surface area contributed by atoms with Crippen LogP contribution >= 0.6 is 23.2 Å². The number of rotatable bonds is 5. The molecule has 4 aromatic carbocycles. The Kier molecular flexibility index (Phi) is 6.60. The summed E-state index contributed by atoms with van der Waals surface area (Å²) >= 11 is 12.6. The van der Waals surface area contributed by atoms with Crippen molar-refractivity contribution in [3.05, 3.63) is 136 Å². The average Bonchev–Trinajstić information content (AvgIpc) is 3.49. The number of hydrogen-bond donors (Lipinski definition) is 0. The number of para-hydroxylation sites is 1. The van der Waals surface area contributed by atoms with Gasteiger partial charge >= 0.3 is 5.97 Å². The zero-order valence-electron chi connectivity index (χ0n) is 22.1. The number of amides is 2. The van der Waals surface area contributed by atoms with E-state index < -0.39 is 47.8 Å². The molecule has 0 N–H and O–H groups in total. The van der Waals surface area contributed by atoms with E-state index in [1.165, 1.54) is 6.07 Å². The zero-order valence-corrected chi connectivity index (χ0v) is 23.7. The number of benzene rings is 4. The second-order valence-electron chi connectivity index (χ2n) is 10.6. The number of halogens is 2. The van der Waals surface area contributed by atoms with Gasteiger partial charge in [0.2, 0.25) is 11.8 Å². The van der Waals surface area contributed by atoms with E-state index in [4.69, 9.17) is 27.9 Å². The van der Waals surface area contributed by atoms with Crippen LogP contribution in [0, 0.1) is 11.8 Å². The Bertz CT molecular complexity index is 1700. The number of fused-ring (bicyclic) bond motifs is 5. The smallest absolute Gasteiger partial charge is 0.330 e. The predicted molar refractivity (Wildman–Crippen MR) is 162 cm³/mol. The van der Waals surface area contributed by atoms with Crippen molar-refractivity contribution in [3.8, 4) is 0 Å². The molecular formula is C34H24Cl2N2O4. The third kappa shape index (κ3) is 4.21. The van der Waals surface area contributed by atoms with Crippen LogP contribution < -0.4 is 9.80 Å². The number of nitrogens with zero attached hydrogens (tertiary/aromatic N) is 2. The van der Waals surface area contributed by atoms with Crippen LogP contribution in [0.5, 0.6) is 0 Å². The molecule has 208 valence electrons. The summed E-state index contributed by atoms with van der Waals surface area (Å²) in [6.45, 7) is 0. The highest BCUT2D eigenvalue weighted by molar-refractivity contribution is 6.38. The fourth-order valence-electron chi connectivity index (χ4n) is 6.45. The molecule has 0 radical (unpaired) electrons. The molecular weight excluding hydrogens is 571 g/mol. The van der Waals surface area contributed by atoms with Crippen molar-refractivity contribution in [2.75, 3.05) is 9.80 Å². The minimum absolute atomic E-state index is 0.179. The summed E-state index contributed by atoms with van der Waals surface area (Å²) in [5.41, 5.74) is 3.51. The monoisotopic (exact) mass is 594 g/mol. The van der Waals surface area contributed by atoms with E-state index in [0.29, 0.717) is 5.02 Å². The van der Waals surface area contributed by atoms with E-state index in [1.807, 2.05) is 102 Å². The molecule has 4 atom stereocenters. The second kappa shape index (κ2) is 10.5. The van der Waals surface area contributed by atoms with Crippen LogP contribution in [0.4, 0.5) is 11.4 Å². The van der Waals surface area contributed by atoms with Crippen LogP contribution in [0.1, 0.15) is 22.8 Å². The third-order valence-electron chi connectivity index (χ3n) is 8.25. The van der Waals surface area contributed by atoms with Gasteiger partial charge in [0, 0.05) is 10.7 Å². The molecule has 8 heteroatoms. The molecule has 0 saturated carbocycles. The lowest BCUT2D eigenvalue weighted by molar-refractivity contribution is -0.151. The maximum absolute atomic E-state index is 14.4. The van der Waals surface area contributed by atoms with Crippen LogP contribution in [0.3, 0.4) is 0 Å². The molecule has 42 heavy (non-hydrogen) atoms. The minimum atomic E-state index is -1.05. The molecule has 0 unspecified atom stereocenters. The van der Waals surface area contributed by atoms with Crippen molar-refractivity contribution in [2.45, 2.75) is 18.2 Å². The normalized spacial score (nSPS) is 22.3. The van der Waals surface area contributed by atoms with Gasteiger partial charge < -0.3 is 9.64 Å². The van der Waals surface area contributed by atoms with Gasteiger partial charge in [-0.15, -0.1) is 0 Å². The minimum Gasteiger partial charge on any atom is -0.451 e. The maximum Gasteiger partial charge on any atom is 0.330 e. The standard InChI is InChI=1S/C34H24Cl2N2O4/c35-23-16-18-26(24(36)19-23)38-32(39)28-27-17-15-20-9-7-8-14-25(20)37(27)30(29(28)33(38)40)34(41)42-31(21-10-3-1-4-11-21)22-12-5-2-6-13-22/h1-19,27-31H/t27-,28+,29+,30-/m0/s1. The molecule has 3 aliphatic heterocycles. The number of esters is 1. The maximum atomic E-state index is 14.4. The SMILES string of the molecule is O=C(OC(c1ccccc1)c1ccccc1)[C@@H]1[C@@H]2C(=O)N(c3ccc(Cl)cc3Cl)C(=O)[C@@H]2[C@@H]2C=Cc3ccccc3N12. The molecule has 7 rings (SSSR count). The van der Waals surface area contributed by atoms with Gasteiger partial charge in [-0.05, 0) is 41.0 Å². The van der Waals surface area contributed by atoms with Crippen molar-refractivity contribution in [2.24, 2.45) is 11.8 Å². The summed E-state index contributed by atoms with van der Waals surface area (Å²) in [6, 6.07) is 29.6. The van der Waals surface area contributed by atoms with Gasteiger partial charge in [0.25, 0.3) is 0 Å². The van der Waals surface area contributed by atoms with Gasteiger partial charge in [-0.3, -0.25) is 9.59 Å². The lowest BCUT2D eigenvalue weighted by atomic mass is 9.88. The Hall–Kier alpha value is -4.39. The van der Waals surface area contributed by atoms with Crippen LogP contribution in [0.2, 0.25) is 10.0 Å². The molecule has 2 saturated heterocycles. The summed E-state index contributed by atoms with van der Waals surface area (Å²) in [5.74, 6) is -3.28. The van der Waals surface area contributed by atoms with Gasteiger partial charge in [-0.1, -0.05) is 114 Å². The van der Waals surface area contributed by atoms with Crippen molar-refractivity contribution in [1.29, 1.82) is 0 Å². The van der Waals surface area contributed by atoms with Crippen molar-refractivity contribution in [1.82, 2.24) is 0 Å². The van der Waals surface area contributed by atoms with Crippen LogP contribution in [0.25, 0.3) is 6.08 Å². The lowest BCUT2D eigenvalue weighted by Gasteiger charge is -2.36. The number of carbonyl (C=O) groups excluding carboxylic acids is 3. The van der Waals surface area contributed by atoms with Gasteiger partial charge in [0.15, 0.2) is 6.10 Å². The van der Waals surface area contributed by atoms with E-state index in [1.54, 1.807) is 12.1 Å². The Labute approximate surface area is 252 Å². The average molecular weight is 595 g/mol. The largest absolute Gasteiger partial charge is 0.451 e. The van der Waals surface area contributed by atoms with Gasteiger partial charge in [-0.25, -0.2) is 9.69 Å². The van der Waals surface area contributed by atoms with Gasteiger partial charge in [0.1, 0.15) is 6.04 Å². The topological polar surface area (TPSA) is 66.9 Å². The fraction of sp³-hybridized carbons (Fsp3) is 0.147.